The first-order valence-corrected chi connectivity index (χ1v) is 6.55. The molecule has 6 heteroatoms. The highest BCUT2D eigenvalue weighted by atomic mass is 16.5. The Hall–Kier alpha value is -2.26. The standard InChI is InChI=1S/C14H17N3O3/c15-7-11(8-16-9-12-3-1-5-19-12)14(18)17-10-13-4-2-6-20-13/h2,4,6,8,12,16H,1,3,5,9-10H2,(H,17,18)/b11-8-. The van der Waals surface area contributed by atoms with Crippen LogP contribution in [0.1, 0.15) is 18.6 Å². The molecule has 6 nitrogen and oxygen atoms in total. The Labute approximate surface area is 117 Å². The van der Waals surface area contributed by atoms with Gasteiger partial charge in [0.25, 0.3) is 5.91 Å². The molecule has 1 aliphatic heterocycles. The summed E-state index contributed by atoms with van der Waals surface area (Å²) in [5.41, 5.74) is 0.0366. The van der Waals surface area contributed by atoms with Gasteiger partial charge in [0.1, 0.15) is 17.4 Å². The van der Waals surface area contributed by atoms with E-state index in [0.29, 0.717) is 12.3 Å². The normalized spacial score (nSPS) is 18.6. The Bertz CT molecular complexity index is 496. The van der Waals surface area contributed by atoms with Crippen LogP contribution in [-0.4, -0.2) is 25.2 Å². The summed E-state index contributed by atoms with van der Waals surface area (Å²) in [7, 11) is 0. The van der Waals surface area contributed by atoms with Gasteiger partial charge in [0, 0.05) is 19.4 Å². The lowest BCUT2D eigenvalue weighted by Gasteiger charge is -2.09. The molecule has 1 aromatic rings. The van der Waals surface area contributed by atoms with E-state index in [9.17, 15) is 4.79 Å². The monoisotopic (exact) mass is 275 g/mol. The Balaban J connectivity index is 1.77. The van der Waals surface area contributed by atoms with Crippen molar-refractivity contribution in [1.29, 1.82) is 5.26 Å². The smallest absolute Gasteiger partial charge is 0.263 e. The topological polar surface area (TPSA) is 87.3 Å². The number of nitrogens with zero attached hydrogens (tertiary/aromatic N) is 1. The predicted molar refractivity (Wildman–Crippen MR) is 71.2 cm³/mol. The average Bonchev–Trinajstić information content (AvgIpc) is 3.14. The molecular formula is C14H17N3O3. The van der Waals surface area contributed by atoms with E-state index >= 15 is 0 Å². The highest BCUT2D eigenvalue weighted by molar-refractivity contribution is 5.97. The second kappa shape index (κ2) is 7.36. The van der Waals surface area contributed by atoms with Crippen LogP contribution in [0.4, 0.5) is 0 Å². The molecule has 2 rings (SSSR count). The largest absolute Gasteiger partial charge is 0.467 e. The van der Waals surface area contributed by atoms with Crippen molar-refractivity contribution >= 4 is 5.91 Å². The Morgan fingerprint density at radius 1 is 1.60 bits per heavy atom. The molecule has 1 fully saturated rings. The fraction of sp³-hybridized carbons (Fsp3) is 0.429. The predicted octanol–water partition coefficient (Wildman–Crippen LogP) is 1.07. The quantitative estimate of drug-likeness (QED) is 0.599. The molecule has 20 heavy (non-hydrogen) atoms. The number of ether oxygens (including phenoxy) is 1. The highest BCUT2D eigenvalue weighted by Crippen LogP contribution is 2.10. The summed E-state index contributed by atoms with van der Waals surface area (Å²) in [6.45, 7) is 1.65. The first-order valence-electron chi connectivity index (χ1n) is 6.55. The SMILES string of the molecule is N#C/C(=C/NCC1CCCO1)C(=O)NCc1ccco1. The molecule has 1 saturated heterocycles. The molecule has 1 atom stereocenters. The first kappa shape index (κ1) is 14.2. The summed E-state index contributed by atoms with van der Waals surface area (Å²) in [6, 6.07) is 5.37. The van der Waals surface area contributed by atoms with E-state index in [1.165, 1.54) is 12.5 Å². The van der Waals surface area contributed by atoms with Gasteiger partial charge in [-0.3, -0.25) is 4.79 Å². The molecule has 1 aliphatic rings. The molecule has 2 heterocycles. The maximum absolute atomic E-state index is 11.8. The maximum Gasteiger partial charge on any atom is 0.263 e. The van der Waals surface area contributed by atoms with Crippen molar-refractivity contribution in [3.05, 3.63) is 35.9 Å². The van der Waals surface area contributed by atoms with E-state index in [-0.39, 0.29) is 18.2 Å². The lowest BCUT2D eigenvalue weighted by Crippen LogP contribution is -2.27. The molecule has 106 valence electrons. The fourth-order valence-electron chi connectivity index (χ4n) is 1.92. The van der Waals surface area contributed by atoms with E-state index in [4.69, 9.17) is 14.4 Å². The Morgan fingerprint density at radius 2 is 2.50 bits per heavy atom. The average molecular weight is 275 g/mol. The van der Waals surface area contributed by atoms with Crippen LogP contribution in [0.5, 0.6) is 0 Å². The number of amides is 1. The van der Waals surface area contributed by atoms with Gasteiger partial charge in [0.15, 0.2) is 0 Å². The van der Waals surface area contributed by atoms with Gasteiger partial charge in [-0.2, -0.15) is 5.26 Å². The van der Waals surface area contributed by atoms with Gasteiger partial charge in [-0.25, -0.2) is 0 Å². The molecular weight excluding hydrogens is 258 g/mol. The van der Waals surface area contributed by atoms with Crippen LogP contribution in [0, 0.1) is 11.3 Å². The molecule has 0 aromatic carbocycles. The lowest BCUT2D eigenvalue weighted by molar-refractivity contribution is -0.117. The summed E-state index contributed by atoms with van der Waals surface area (Å²) in [5, 5.41) is 14.6. The van der Waals surface area contributed by atoms with Gasteiger partial charge in [-0.15, -0.1) is 0 Å². The van der Waals surface area contributed by atoms with Crippen molar-refractivity contribution in [2.24, 2.45) is 0 Å². The van der Waals surface area contributed by atoms with Gasteiger partial charge < -0.3 is 19.8 Å². The zero-order chi connectivity index (χ0) is 14.2. The van der Waals surface area contributed by atoms with E-state index in [1.807, 2.05) is 6.07 Å². The van der Waals surface area contributed by atoms with Crippen LogP contribution in [0.15, 0.2) is 34.6 Å². The van der Waals surface area contributed by atoms with E-state index in [2.05, 4.69) is 10.6 Å². The number of rotatable bonds is 6. The third kappa shape index (κ3) is 4.14. The van der Waals surface area contributed by atoms with Crippen LogP contribution < -0.4 is 10.6 Å². The van der Waals surface area contributed by atoms with E-state index in [1.54, 1.807) is 12.1 Å². The number of hydrogen-bond acceptors (Lipinski definition) is 5. The maximum atomic E-state index is 11.8. The Morgan fingerprint density at radius 3 is 3.15 bits per heavy atom. The summed E-state index contributed by atoms with van der Waals surface area (Å²) in [6.07, 6.45) is 5.20. The van der Waals surface area contributed by atoms with Crippen molar-refractivity contribution in [3.8, 4) is 6.07 Å². The summed E-state index contributed by atoms with van der Waals surface area (Å²) in [4.78, 5) is 11.8. The third-order valence-corrected chi connectivity index (χ3v) is 2.98. The van der Waals surface area contributed by atoms with Crippen molar-refractivity contribution in [2.75, 3.05) is 13.2 Å². The third-order valence-electron chi connectivity index (χ3n) is 2.98. The second-order valence-electron chi connectivity index (χ2n) is 4.48. The van der Waals surface area contributed by atoms with Gasteiger partial charge in [0.05, 0.1) is 18.9 Å². The van der Waals surface area contributed by atoms with E-state index in [0.717, 1.165) is 19.4 Å². The number of nitriles is 1. The van der Waals surface area contributed by atoms with Gasteiger partial charge in [-0.05, 0) is 25.0 Å². The Kier molecular flexibility index (Phi) is 5.21. The number of furan rings is 1. The van der Waals surface area contributed by atoms with Crippen LogP contribution in [0.25, 0.3) is 0 Å². The highest BCUT2D eigenvalue weighted by Gasteiger charge is 2.15. The molecule has 2 N–H and O–H groups in total. The molecule has 1 unspecified atom stereocenters. The molecule has 0 radical (unpaired) electrons. The van der Waals surface area contributed by atoms with E-state index < -0.39 is 5.91 Å². The molecule has 0 saturated carbocycles. The molecule has 0 spiro atoms. The minimum atomic E-state index is -0.427. The van der Waals surface area contributed by atoms with Gasteiger partial charge in [0.2, 0.25) is 0 Å². The van der Waals surface area contributed by atoms with Crippen molar-refractivity contribution < 1.29 is 13.9 Å². The first-order chi connectivity index (χ1) is 9.79. The van der Waals surface area contributed by atoms with Crippen LogP contribution in [0.3, 0.4) is 0 Å². The number of nitrogens with one attached hydrogen (secondary N) is 2. The molecule has 1 amide bonds. The summed E-state index contributed by atoms with van der Waals surface area (Å²) < 4.78 is 10.5. The zero-order valence-electron chi connectivity index (χ0n) is 11.1. The van der Waals surface area contributed by atoms with Gasteiger partial charge in [-0.1, -0.05) is 0 Å². The zero-order valence-corrected chi connectivity index (χ0v) is 11.1. The molecule has 0 bridgehead atoms. The molecule has 1 aromatic heterocycles. The van der Waals surface area contributed by atoms with Gasteiger partial charge >= 0.3 is 0 Å². The minimum Gasteiger partial charge on any atom is -0.467 e. The van der Waals surface area contributed by atoms with Crippen molar-refractivity contribution in [1.82, 2.24) is 10.6 Å². The van der Waals surface area contributed by atoms with Crippen LogP contribution >= 0.6 is 0 Å². The van der Waals surface area contributed by atoms with Crippen molar-refractivity contribution in [3.63, 3.8) is 0 Å². The minimum absolute atomic E-state index is 0.0366. The molecule has 0 aliphatic carbocycles. The van der Waals surface area contributed by atoms with Crippen molar-refractivity contribution in [2.45, 2.75) is 25.5 Å². The van der Waals surface area contributed by atoms with Crippen LogP contribution in [-0.2, 0) is 16.1 Å². The number of carbonyl (C=O) groups excluding carboxylic acids is 1. The number of hydrogen-bond donors (Lipinski definition) is 2. The number of carbonyl (C=O) groups is 1. The lowest BCUT2D eigenvalue weighted by atomic mass is 10.2. The summed E-state index contributed by atoms with van der Waals surface area (Å²) in [5.74, 6) is 0.215. The second-order valence-corrected chi connectivity index (χ2v) is 4.48. The fourth-order valence-corrected chi connectivity index (χ4v) is 1.92. The van der Waals surface area contributed by atoms with Crippen LogP contribution in [0.2, 0.25) is 0 Å². The summed E-state index contributed by atoms with van der Waals surface area (Å²) >= 11 is 0.